The monoisotopic (exact) mass is 373 g/mol. The van der Waals surface area contributed by atoms with Gasteiger partial charge in [-0.2, -0.15) is 5.10 Å². The number of nitrogens with zero attached hydrogens (tertiary/aromatic N) is 3. The number of rotatable bonds is 7. The van der Waals surface area contributed by atoms with Crippen molar-refractivity contribution in [2.75, 3.05) is 26.8 Å². The zero-order valence-corrected chi connectivity index (χ0v) is 15.2. The maximum absolute atomic E-state index is 12.6. The topological polar surface area (TPSA) is 93.9 Å². The van der Waals surface area contributed by atoms with E-state index in [0.717, 1.165) is 18.5 Å². The van der Waals surface area contributed by atoms with Crippen LogP contribution in [0.15, 0.2) is 36.5 Å². The highest BCUT2D eigenvalue weighted by atomic mass is 16.5. The normalized spacial score (nSPS) is 16.8. The molecule has 1 N–H and O–H groups in total. The number of ether oxygens (including phenoxy) is 2. The Labute approximate surface area is 157 Å². The van der Waals surface area contributed by atoms with Gasteiger partial charge in [0.15, 0.2) is 18.1 Å². The molecule has 1 aliphatic heterocycles. The van der Waals surface area contributed by atoms with E-state index < -0.39 is 5.97 Å². The fourth-order valence-electron chi connectivity index (χ4n) is 3.36. The summed E-state index contributed by atoms with van der Waals surface area (Å²) in [5.41, 5.74) is 0.848. The number of hydrogen-bond donors (Lipinski definition) is 1. The quantitative estimate of drug-likeness (QED) is 0.795. The lowest BCUT2D eigenvalue weighted by Crippen LogP contribution is -2.42. The number of carbonyl (C=O) groups is 2. The number of piperidine rings is 1. The third-order valence-corrected chi connectivity index (χ3v) is 4.65. The first-order valence-electron chi connectivity index (χ1n) is 8.85. The van der Waals surface area contributed by atoms with Crippen molar-refractivity contribution in [3.05, 3.63) is 42.2 Å². The minimum absolute atomic E-state index is 0.0656. The number of amides is 1. The standard InChI is InChI=1S/C19H23N3O5/c1-26-16-6-2-3-7-17(16)27-13-18(23)21-10-4-5-14(11-21)15-8-9-20-22(15)12-19(24)25/h2-3,6-9,14H,4-5,10-13H2,1H3,(H,24,25)/t14-/m1/s1. The molecule has 8 nitrogen and oxygen atoms in total. The number of methoxy groups -OCH3 is 1. The van der Waals surface area contributed by atoms with Crippen LogP contribution in [0.5, 0.6) is 11.5 Å². The van der Waals surface area contributed by atoms with Crippen molar-refractivity contribution in [1.82, 2.24) is 14.7 Å². The van der Waals surface area contributed by atoms with Crippen LogP contribution in [-0.4, -0.2) is 58.5 Å². The Morgan fingerprint density at radius 1 is 1.26 bits per heavy atom. The van der Waals surface area contributed by atoms with E-state index in [1.54, 1.807) is 30.3 Å². The molecular weight excluding hydrogens is 350 g/mol. The Hall–Kier alpha value is -3.03. The zero-order chi connectivity index (χ0) is 19.2. The van der Waals surface area contributed by atoms with Crippen LogP contribution < -0.4 is 9.47 Å². The number of para-hydroxylation sites is 2. The molecule has 3 rings (SSSR count). The van der Waals surface area contributed by atoms with Crippen molar-refractivity contribution in [3.63, 3.8) is 0 Å². The number of hydrogen-bond acceptors (Lipinski definition) is 5. The summed E-state index contributed by atoms with van der Waals surface area (Å²) in [6.45, 7) is 0.947. The van der Waals surface area contributed by atoms with Gasteiger partial charge >= 0.3 is 5.97 Å². The van der Waals surface area contributed by atoms with Crippen LogP contribution in [0.4, 0.5) is 0 Å². The smallest absolute Gasteiger partial charge is 0.325 e. The fraction of sp³-hybridized carbons (Fsp3) is 0.421. The third-order valence-electron chi connectivity index (χ3n) is 4.65. The predicted molar refractivity (Wildman–Crippen MR) is 96.9 cm³/mol. The molecule has 1 aromatic heterocycles. The van der Waals surface area contributed by atoms with E-state index in [9.17, 15) is 9.59 Å². The second-order valence-electron chi connectivity index (χ2n) is 6.43. The van der Waals surface area contributed by atoms with Gasteiger partial charge in [-0.3, -0.25) is 14.3 Å². The van der Waals surface area contributed by atoms with Gasteiger partial charge in [-0.05, 0) is 31.0 Å². The van der Waals surface area contributed by atoms with E-state index in [4.69, 9.17) is 14.6 Å². The van der Waals surface area contributed by atoms with Gasteiger partial charge in [0, 0.05) is 30.9 Å². The minimum Gasteiger partial charge on any atom is -0.493 e. The number of aromatic nitrogens is 2. The Bertz CT molecular complexity index is 804. The van der Waals surface area contributed by atoms with Crippen molar-refractivity contribution < 1.29 is 24.2 Å². The molecule has 0 saturated carbocycles. The molecule has 2 aromatic rings. The molecule has 144 valence electrons. The summed E-state index contributed by atoms with van der Waals surface area (Å²) in [5, 5.41) is 13.1. The summed E-state index contributed by atoms with van der Waals surface area (Å²) in [4.78, 5) is 25.4. The van der Waals surface area contributed by atoms with Crippen molar-refractivity contribution in [1.29, 1.82) is 0 Å². The van der Waals surface area contributed by atoms with Gasteiger partial charge in [0.2, 0.25) is 0 Å². The van der Waals surface area contributed by atoms with Crippen LogP contribution in [0.25, 0.3) is 0 Å². The molecule has 1 atom stereocenters. The summed E-state index contributed by atoms with van der Waals surface area (Å²) in [6.07, 6.45) is 3.34. The van der Waals surface area contributed by atoms with Crippen molar-refractivity contribution in [3.8, 4) is 11.5 Å². The highest BCUT2D eigenvalue weighted by Crippen LogP contribution is 2.28. The maximum Gasteiger partial charge on any atom is 0.325 e. The molecule has 1 saturated heterocycles. The molecule has 0 aliphatic carbocycles. The number of likely N-dealkylation sites (tertiary alicyclic amines) is 1. The van der Waals surface area contributed by atoms with Gasteiger partial charge < -0.3 is 19.5 Å². The molecular formula is C19H23N3O5. The van der Waals surface area contributed by atoms with Gasteiger partial charge in [-0.25, -0.2) is 0 Å². The van der Waals surface area contributed by atoms with Crippen molar-refractivity contribution >= 4 is 11.9 Å². The first kappa shape index (κ1) is 18.8. The van der Waals surface area contributed by atoms with Gasteiger partial charge in [-0.15, -0.1) is 0 Å². The molecule has 0 bridgehead atoms. The molecule has 27 heavy (non-hydrogen) atoms. The Balaban J connectivity index is 1.61. The lowest BCUT2D eigenvalue weighted by Gasteiger charge is -2.33. The Kier molecular flexibility index (Phi) is 5.95. The number of benzene rings is 1. The van der Waals surface area contributed by atoms with Gasteiger partial charge in [-0.1, -0.05) is 12.1 Å². The SMILES string of the molecule is COc1ccccc1OCC(=O)N1CCC[C@@H](c2ccnn2CC(=O)O)C1. The van der Waals surface area contributed by atoms with Gasteiger partial charge in [0.25, 0.3) is 5.91 Å². The van der Waals surface area contributed by atoms with E-state index in [1.807, 2.05) is 18.2 Å². The van der Waals surface area contributed by atoms with Crippen LogP contribution in [0.3, 0.4) is 0 Å². The number of aliphatic carboxylic acids is 1. The first-order valence-corrected chi connectivity index (χ1v) is 8.85. The predicted octanol–water partition coefficient (Wildman–Crippen LogP) is 1.76. The van der Waals surface area contributed by atoms with E-state index in [2.05, 4.69) is 5.10 Å². The Morgan fingerprint density at radius 2 is 2.04 bits per heavy atom. The lowest BCUT2D eigenvalue weighted by molar-refractivity contribution is -0.138. The molecule has 0 unspecified atom stereocenters. The lowest BCUT2D eigenvalue weighted by atomic mass is 9.94. The van der Waals surface area contributed by atoms with Gasteiger partial charge in [0.1, 0.15) is 6.54 Å². The summed E-state index contributed by atoms with van der Waals surface area (Å²) in [5.74, 6) is 0.139. The van der Waals surface area contributed by atoms with E-state index >= 15 is 0 Å². The molecule has 1 amide bonds. The van der Waals surface area contributed by atoms with Gasteiger partial charge in [0.05, 0.1) is 7.11 Å². The summed E-state index contributed by atoms with van der Waals surface area (Å²) in [7, 11) is 1.56. The molecule has 1 aliphatic rings. The average Bonchev–Trinajstić information content (AvgIpc) is 3.13. The van der Waals surface area contributed by atoms with Crippen LogP contribution in [0, 0.1) is 0 Å². The highest BCUT2D eigenvalue weighted by molar-refractivity contribution is 5.78. The van der Waals surface area contributed by atoms with E-state index in [-0.39, 0.29) is 25.0 Å². The van der Waals surface area contributed by atoms with E-state index in [1.165, 1.54) is 4.68 Å². The van der Waals surface area contributed by atoms with Crippen LogP contribution in [0.2, 0.25) is 0 Å². The summed E-state index contributed by atoms with van der Waals surface area (Å²) < 4.78 is 12.4. The summed E-state index contributed by atoms with van der Waals surface area (Å²) >= 11 is 0. The Morgan fingerprint density at radius 3 is 2.78 bits per heavy atom. The van der Waals surface area contributed by atoms with E-state index in [0.29, 0.717) is 24.6 Å². The first-order chi connectivity index (χ1) is 13.1. The maximum atomic E-state index is 12.6. The highest BCUT2D eigenvalue weighted by Gasteiger charge is 2.27. The van der Waals surface area contributed by atoms with Crippen LogP contribution >= 0.6 is 0 Å². The van der Waals surface area contributed by atoms with Crippen molar-refractivity contribution in [2.45, 2.75) is 25.3 Å². The second kappa shape index (κ2) is 8.57. The molecule has 2 heterocycles. The summed E-state index contributed by atoms with van der Waals surface area (Å²) in [6, 6.07) is 9.02. The molecule has 0 radical (unpaired) electrons. The van der Waals surface area contributed by atoms with Crippen molar-refractivity contribution in [2.24, 2.45) is 0 Å². The second-order valence-corrected chi connectivity index (χ2v) is 6.43. The van der Waals surface area contributed by atoms with Crippen LogP contribution in [-0.2, 0) is 16.1 Å². The molecule has 0 spiro atoms. The molecule has 1 fully saturated rings. The third kappa shape index (κ3) is 4.58. The fourth-order valence-corrected chi connectivity index (χ4v) is 3.36. The number of carboxylic acid groups (broad SMARTS) is 1. The average molecular weight is 373 g/mol. The zero-order valence-electron chi connectivity index (χ0n) is 15.2. The molecule has 8 heteroatoms. The largest absolute Gasteiger partial charge is 0.493 e. The number of carboxylic acids is 1. The van der Waals surface area contributed by atoms with Crippen LogP contribution in [0.1, 0.15) is 24.5 Å². The molecule has 1 aromatic carbocycles. The number of carbonyl (C=O) groups excluding carboxylic acids is 1. The minimum atomic E-state index is -0.936.